The minimum Gasteiger partial charge on any atom is -0.497 e. The van der Waals surface area contributed by atoms with Gasteiger partial charge in [0, 0.05) is 19.7 Å². The van der Waals surface area contributed by atoms with E-state index in [1.54, 1.807) is 25.0 Å². The van der Waals surface area contributed by atoms with E-state index >= 15 is 0 Å². The first kappa shape index (κ1) is 11.6. The number of hydrogen-bond acceptors (Lipinski definition) is 4. The Kier molecular flexibility index (Phi) is 3.39. The fourth-order valence-corrected chi connectivity index (χ4v) is 1.65. The predicted octanol–water partition coefficient (Wildman–Crippen LogP) is 1.10. The largest absolute Gasteiger partial charge is 0.497 e. The number of aryl methyl sites for hydroxylation is 1. The molecule has 5 nitrogen and oxygen atoms in total. The number of methoxy groups -OCH3 is 1. The normalized spacial score (nSPS) is 12.4. The summed E-state index contributed by atoms with van der Waals surface area (Å²) in [6.07, 6.45) is 1.64. The van der Waals surface area contributed by atoms with Crippen LogP contribution >= 0.6 is 0 Å². The number of rotatable bonds is 4. The standard InChI is InChI=1S/C12H15N3O2/c1-15-8-10(13-14-15)7-12(16)9-4-3-5-11(6-9)17-2/h3-6,8,12,16H,7H2,1-2H3. The summed E-state index contributed by atoms with van der Waals surface area (Å²) in [6, 6.07) is 7.39. The first-order valence-electron chi connectivity index (χ1n) is 5.36. The Bertz CT molecular complexity index is 496. The Balaban J connectivity index is 2.11. The van der Waals surface area contributed by atoms with E-state index in [-0.39, 0.29) is 0 Å². The molecule has 0 amide bonds. The average molecular weight is 233 g/mol. The third-order valence-corrected chi connectivity index (χ3v) is 2.53. The molecule has 0 radical (unpaired) electrons. The number of ether oxygens (including phenoxy) is 1. The lowest BCUT2D eigenvalue weighted by molar-refractivity contribution is 0.177. The van der Waals surface area contributed by atoms with Gasteiger partial charge >= 0.3 is 0 Å². The third kappa shape index (κ3) is 2.82. The van der Waals surface area contributed by atoms with Crippen molar-refractivity contribution >= 4 is 0 Å². The van der Waals surface area contributed by atoms with Gasteiger partial charge in [0.05, 0.1) is 18.9 Å². The van der Waals surface area contributed by atoms with E-state index in [0.717, 1.165) is 17.0 Å². The predicted molar refractivity (Wildman–Crippen MR) is 62.7 cm³/mol. The van der Waals surface area contributed by atoms with Crippen molar-refractivity contribution < 1.29 is 9.84 Å². The van der Waals surface area contributed by atoms with E-state index in [1.165, 1.54) is 0 Å². The number of aliphatic hydroxyl groups excluding tert-OH is 1. The van der Waals surface area contributed by atoms with Gasteiger partial charge in [-0.2, -0.15) is 0 Å². The molecule has 0 bridgehead atoms. The second-order valence-corrected chi connectivity index (χ2v) is 3.88. The van der Waals surface area contributed by atoms with Crippen LogP contribution in [0.3, 0.4) is 0 Å². The molecule has 0 saturated carbocycles. The van der Waals surface area contributed by atoms with Gasteiger partial charge in [0.15, 0.2) is 0 Å². The number of hydrogen-bond donors (Lipinski definition) is 1. The number of benzene rings is 1. The molecular formula is C12H15N3O2. The molecular weight excluding hydrogens is 218 g/mol. The first-order chi connectivity index (χ1) is 8.19. The van der Waals surface area contributed by atoms with Gasteiger partial charge in [0.25, 0.3) is 0 Å². The van der Waals surface area contributed by atoms with E-state index in [2.05, 4.69) is 10.3 Å². The fraction of sp³-hybridized carbons (Fsp3) is 0.333. The van der Waals surface area contributed by atoms with E-state index in [9.17, 15) is 5.11 Å². The van der Waals surface area contributed by atoms with Crippen LogP contribution in [0, 0.1) is 0 Å². The lowest BCUT2D eigenvalue weighted by atomic mass is 10.1. The van der Waals surface area contributed by atoms with E-state index in [0.29, 0.717) is 6.42 Å². The number of nitrogens with zero attached hydrogens (tertiary/aromatic N) is 3. The van der Waals surface area contributed by atoms with Crippen molar-refractivity contribution in [1.29, 1.82) is 0 Å². The van der Waals surface area contributed by atoms with E-state index in [4.69, 9.17) is 4.74 Å². The van der Waals surface area contributed by atoms with Crippen molar-refractivity contribution in [2.24, 2.45) is 7.05 Å². The van der Waals surface area contributed by atoms with E-state index < -0.39 is 6.10 Å². The van der Waals surface area contributed by atoms with Crippen molar-refractivity contribution in [2.75, 3.05) is 7.11 Å². The van der Waals surface area contributed by atoms with Crippen molar-refractivity contribution in [2.45, 2.75) is 12.5 Å². The van der Waals surface area contributed by atoms with Gasteiger partial charge in [-0.3, -0.25) is 4.68 Å². The number of aromatic nitrogens is 3. The van der Waals surface area contributed by atoms with Crippen molar-refractivity contribution in [3.63, 3.8) is 0 Å². The zero-order valence-electron chi connectivity index (χ0n) is 9.87. The number of aliphatic hydroxyl groups is 1. The molecule has 0 aliphatic heterocycles. The molecule has 0 aliphatic carbocycles. The summed E-state index contributed by atoms with van der Waals surface area (Å²) in [5.74, 6) is 0.737. The van der Waals surface area contributed by atoms with Gasteiger partial charge in [-0.25, -0.2) is 0 Å². The van der Waals surface area contributed by atoms with Crippen LogP contribution in [0.1, 0.15) is 17.4 Å². The van der Waals surface area contributed by atoms with Crippen LogP contribution in [-0.2, 0) is 13.5 Å². The Morgan fingerprint density at radius 1 is 1.47 bits per heavy atom. The van der Waals surface area contributed by atoms with Crippen LogP contribution in [0.15, 0.2) is 30.5 Å². The monoisotopic (exact) mass is 233 g/mol. The van der Waals surface area contributed by atoms with Crippen molar-refractivity contribution in [3.8, 4) is 5.75 Å². The van der Waals surface area contributed by atoms with E-state index in [1.807, 2.05) is 24.3 Å². The summed E-state index contributed by atoms with van der Waals surface area (Å²) >= 11 is 0. The summed E-state index contributed by atoms with van der Waals surface area (Å²) in [4.78, 5) is 0. The SMILES string of the molecule is COc1cccc(C(O)Cc2cn(C)nn2)c1. The summed E-state index contributed by atoms with van der Waals surface area (Å²) < 4.78 is 6.73. The first-order valence-corrected chi connectivity index (χ1v) is 5.36. The Labute approximate surface area is 99.7 Å². The van der Waals surface area contributed by atoms with Crippen LogP contribution < -0.4 is 4.74 Å². The Morgan fingerprint density at radius 2 is 2.29 bits per heavy atom. The lowest BCUT2D eigenvalue weighted by Crippen LogP contribution is -2.02. The van der Waals surface area contributed by atoms with Gasteiger partial charge in [0.2, 0.25) is 0 Å². The molecule has 1 aromatic carbocycles. The zero-order chi connectivity index (χ0) is 12.3. The van der Waals surface area contributed by atoms with Gasteiger partial charge in [-0.1, -0.05) is 17.3 Å². The van der Waals surface area contributed by atoms with Crippen molar-refractivity contribution in [3.05, 3.63) is 41.7 Å². The second kappa shape index (κ2) is 4.97. The van der Waals surface area contributed by atoms with Crippen LogP contribution in [0.2, 0.25) is 0 Å². The maximum atomic E-state index is 10.1. The third-order valence-electron chi connectivity index (χ3n) is 2.53. The molecule has 1 heterocycles. The molecule has 1 aromatic heterocycles. The average Bonchev–Trinajstić information content (AvgIpc) is 2.75. The topological polar surface area (TPSA) is 60.2 Å². The molecule has 1 atom stereocenters. The molecule has 5 heteroatoms. The summed E-state index contributed by atoms with van der Waals surface area (Å²) in [5, 5.41) is 17.8. The second-order valence-electron chi connectivity index (χ2n) is 3.88. The molecule has 2 aromatic rings. The maximum absolute atomic E-state index is 10.1. The molecule has 1 unspecified atom stereocenters. The van der Waals surface area contributed by atoms with Gasteiger partial charge in [0.1, 0.15) is 5.75 Å². The smallest absolute Gasteiger partial charge is 0.119 e. The Morgan fingerprint density at radius 3 is 2.94 bits per heavy atom. The molecule has 17 heavy (non-hydrogen) atoms. The molecule has 0 saturated heterocycles. The van der Waals surface area contributed by atoms with Crippen LogP contribution in [0.25, 0.3) is 0 Å². The summed E-state index contributed by atoms with van der Waals surface area (Å²) in [6.45, 7) is 0. The fourth-order valence-electron chi connectivity index (χ4n) is 1.65. The molecule has 0 aliphatic rings. The lowest BCUT2D eigenvalue weighted by Gasteiger charge is -2.10. The highest BCUT2D eigenvalue weighted by Crippen LogP contribution is 2.21. The van der Waals surface area contributed by atoms with Gasteiger partial charge < -0.3 is 9.84 Å². The highest BCUT2D eigenvalue weighted by molar-refractivity contribution is 5.30. The molecule has 1 N–H and O–H groups in total. The maximum Gasteiger partial charge on any atom is 0.119 e. The van der Waals surface area contributed by atoms with Gasteiger partial charge in [-0.15, -0.1) is 5.10 Å². The zero-order valence-corrected chi connectivity index (χ0v) is 9.87. The molecule has 0 spiro atoms. The minimum absolute atomic E-state index is 0.445. The highest BCUT2D eigenvalue weighted by atomic mass is 16.5. The summed E-state index contributed by atoms with van der Waals surface area (Å²) in [5.41, 5.74) is 1.58. The Hall–Kier alpha value is -1.88. The van der Waals surface area contributed by atoms with Crippen molar-refractivity contribution in [1.82, 2.24) is 15.0 Å². The summed E-state index contributed by atoms with van der Waals surface area (Å²) in [7, 11) is 3.41. The van der Waals surface area contributed by atoms with Crippen LogP contribution in [0.4, 0.5) is 0 Å². The highest BCUT2D eigenvalue weighted by Gasteiger charge is 2.11. The van der Waals surface area contributed by atoms with Crippen LogP contribution in [-0.4, -0.2) is 27.2 Å². The van der Waals surface area contributed by atoms with Gasteiger partial charge in [-0.05, 0) is 17.7 Å². The minimum atomic E-state index is -0.596. The molecule has 90 valence electrons. The van der Waals surface area contributed by atoms with Crippen LogP contribution in [0.5, 0.6) is 5.75 Å². The molecule has 2 rings (SSSR count). The quantitative estimate of drug-likeness (QED) is 0.859. The molecule has 0 fully saturated rings.